The van der Waals surface area contributed by atoms with E-state index in [9.17, 15) is 9.59 Å². The summed E-state index contributed by atoms with van der Waals surface area (Å²) in [4.78, 5) is 28.9. The number of hydrogen-bond donors (Lipinski definition) is 1. The van der Waals surface area contributed by atoms with E-state index in [0.29, 0.717) is 35.7 Å². The first kappa shape index (κ1) is 23.5. The number of aryl methyl sites for hydroxylation is 1. The summed E-state index contributed by atoms with van der Waals surface area (Å²) in [5, 5.41) is 3.29. The second-order valence-corrected chi connectivity index (χ2v) is 10.6. The lowest BCUT2D eigenvalue weighted by atomic mass is 9.92. The predicted molar refractivity (Wildman–Crippen MR) is 140 cm³/mol. The van der Waals surface area contributed by atoms with Crippen molar-refractivity contribution < 1.29 is 14.0 Å². The molecule has 1 saturated carbocycles. The topological polar surface area (TPSA) is 62.6 Å². The largest absolute Gasteiger partial charge is 0.467 e. The molecule has 180 valence electrons. The van der Waals surface area contributed by atoms with Gasteiger partial charge in [0.05, 0.1) is 17.7 Å². The van der Waals surface area contributed by atoms with Crippen molar-refractivity contribution in [2.75, 3.05) is 0 Å². The molecule has 0 radical (unpaired) electrons. The van der Waals surface area contributed by atoms with Crippen molar-refractivity contribution in [2.24, 2.45) is 0 Å². The van der Waals surface area contributed by atoms with Gasteiger partial charge in [0.2, 0.25) is 0 Å². The Balaban J connectivity index is 1.31. The molecule has 2 unspecified atom stereocenters. The average Bonchev–Trinajstić information content (AvgIpc) is 3.40. The number of furan rings is 1. The molecule has 1 aromatic heterocycles. The SMILES string of the molecule is Cc1ccc(CN2C(=O)/C(=C\c3ccc(C(=O)NCc4ccco4)cc3)SC3CCCCC32)cc1. The molecule has 1 aliphatic heterocycles. The van der Waals surface area contributed by atoms with Crippen LogP contribution in [0.25, 0.3) is 6.08 Å². The van der Waals surface area contributed by atoms with Gasteiger partial charge < -0.3 is 14.6 Å². The fraction of sp³-hybridized carbons (Fsp3) is 0.310. The quantitative estimate of drug-likeness (QED) is 0.438. The van der Waals surface area contributed by atoms with Crippen LogP contribution in [0, 0.1) is 6.92 Å². The summed E-state index contributed by atoms with van der Waals surface area (Å²) in [6, 6.07) is 19.8. The zero-order chi connectivity index (χ0) is 24.2. The van der Waals surface area contributed by atoms with Crippen LogP contribution in [-0.4, -0.2) is 28.0 Å². The van der Waals surface area contributed by atoms with Crippen LogP contribution in [0.3, 0.4) is 0 Å². The van der Waals surface area contributed by atoms with E-state index < -0.39 is 0 Å². The fourth-order valence-electron chi connectivity index (χ4n) is 4.82. The molecule has 2 amide bonds. The predicted octanol–water partition coefficient (Wildman–Crippen LogP) is 5.95. The van der Waals surface area contributed by atoms with Crippen molar-refractivity contribution in [3.63, 3.8) is 0 Å². The Hall–Kier alpha value is -3.25. The minimum atomic E-state index is -0.155. The Morgan fingerprint density at radius 2 is 1.86 bits per heavy atom. The molecule has 1 N–H and O–H groups in total. The first-order valence-electron chi connectivity index (χ1n) is 12.2. The third-order valence-electron chi connectivity index (χ3n) is 6.77. The first-order chi connectivity index (χ1) is 17.1. The van der Waals surface area contributed by atoms with Gasteiger partial charge in [-0.3, -0.25) is 9.59 Å². The third kappa shape index (κ3) is 5.54. The molecular weight excluding hydrogens is 456 g/mol. The minimum Gasteiger partial charge on any atom is -0.467 e. The van der Waals surface area contributed by atoms with Crippen LogP contribution in [-0.2, 0) is 17.9 Å². The van der Waals surface area contributed by atoms with Gasteiger partial charge in [-0.1, -0.05) is 54.8 Å². The lowest BCUT2D eigenvalue weighted by Gasteiger charge is -2.44. The molecule has 1 aliphatic carbocycles. The van der Waals surface area contributed by atoms with Crippen LogP contribution in [0.1, 0.15) is 58.5 Å². The highest BCUT2D eigenvalue weighted by Crippen LogP contribution is 2.42. The van der Waals surface area contributed by atoms with Crippen LogP contribution in [0.4, 0.5) is 0 Å². The van der Waals surface area contributed by atoms with Gasteiger partial charge in [-0.15, -0.1) is 11.8 Å². The number of hydrogen-bond acceptors (Lipinski definition) is 4. The van der Waals surface area contributed by atoms with Crippen molar-refractivity contribution in [3.05, 3.63) is 99.8 Å². The van der Waals surface area contributed by atoms with Crippen molar-refractivity contribution >= 4 is 29.7 Å². The molecular formula is C29H30N2O3S. The number of carbonyl (C=O) groups is 2. The molecule has 3 aromatic rings. The van der Waals surface area contributed by atoms with Crippen LogP contribution in [0.15, 0.2) is 76.2 Å². The molecule has 1 saturated heterocycles. The Morgan fingerprint density at radius 1 is 1.09 bits per heavy atom. The van der Waals surface area contributed by atoms with E-state index in [0.717, 1.165) is 23.3 Å². The van der Waals surface area contributed by atoms with E-state index in [1.54, 1.807) is 36.2 Å². The summed E-state index contributed by atoms with van der Waals surface area (Å²) in [6.45, 7) is 3.08. The van der Waals surface area contributed by atoms with E-state index in [4.69, 9.17) is 4.42 Å². The van der Waals surface area contributed by atoms with Crippen molar-refractivity contribution in [2.45, 2.75) is 57.0 Å². The molecule has 6 heteroatoms. The smallest absolute Gasteiger partial charge is 0.260 e. The van der Waals surface area contributed by atoms with Crippen LogP contribution in [0.2, 0.25) is 0 Å². The zero-order valence-corrected chi connectivity index (χ0v) is 20.7. The summed E-state index contributed by atoms with van der Waals surface area (Å²) in [6.07, 6.45) is 8.18. The Labute approximate surface area is 210 Å². The highest BCUT2D eigenvalue weighted by Gasteiger charge is 2.40. The number of fused-ring (bicyclic) bond motifs is 1. The minimum absolute atomic E-state index is 0.110. The van der Waals surface area contributed by atoms with E-state index in [1.165, 1.54) is 24.0 Å². The normalized spacial score (nSPS) is 21.1. The van der Waals surface area contributed by atoms with E-state index in [1.807, 2.05) is 24.3 Å². The molecule has 35 heavy (non-hydrogen) atoms. The van der Waals surface area contributed by atoms with Crippen LogP contribution >= 0.6 is 11.8 Å². The van der Waals surface area contributed by atoms with Gasteiger partial charge in [-0.2, -0.15) is 0 Å². The van der Waals surface area contributed by atoms with Crippen LogP contribution < -0.4 is 5.32 Å². The highest BCUT2D eigenvalue weighted by molar-refractivity contribution is 8.04. The van der Waals surface area contributed by atoms with Gasteiger partial charge in [-0.25, -0.2) is 0 Å². The second kappa shape index (κ2) is 10.6. The Bertz CT molecular complexity index is 1200. The fourth-order valence-corrected chi connectivity index (χ4v) is 6.29. The maximum Gasteiger partial charge on any atom is 0.260 e. The molecule has 2 aliphatic rings. The van der Waals surface area contributed by atoms with E-state index >= 15 is 0 Å². The molecule has 0 bridgehead atoms. The number of benzene rings is 2. The second-order valence-electron chi connectivity index (χ2n) is 9.32. The Morgan fingerprint density at radius 3 is 2.60 bits per heavy atom. The molecule has 0 spiro atoms. The molecule has 2 fully saturated rings. The number of nitrogens with one attached hydrogen (secondary N) is 1. The number of amides is 2. The van der Waals surface area contributed by atoms with E-state index in [2.05, 4.69) is 41.4 Å². The highest BCUT2D eigenvalue weighted by atomic mass is 32.2. The Kier molecular flexibility index (Phi) is 7.09. The first-order valence-corrected chi connectivity index (χ1v) is 13.1. The summed E-state index contributed by atoms with van der Waals surface area (Å²) in [7, 11) is 0. The van der Waals surface area contributed by atoms with E-state index in [-0.39, 0.29) is 11.8 Å². The van der Waals surface area contributed by atoms with Gasteiger partial charge in [0, 0.05) is 23.4 Å². The van der Waals surface area contributed by atoms with Gasteiger partial charge in [0.1, 0.15) is 5.76 Å². The number of rotatable bonds is 6. The average molecular weight is 487 g/mol. The standard InChI is InChI=1S/C29H30N2O3S/c1-20-8-10-22(11-9-20)19-31-25-6-2-3-7-26(25)35-27(29(31)33)17-21-12-14-23(15-13-21)28(32)30-18-24-5-4-16-34-24/h4-5,8-17,25-26H,2-3,6-7,18-19H2,1H3,(H,30,32)/b27-17+. The maximum atomic E-state index is 13.6. The molecule has 2 atom stereocenters. The van der Waals surface area contributed by atoms with Crippen molar-refractivity contribution in [1.29, 1.82) is 0 Å². The van der Waals surface area contributed by atoms with Crippen molar-refractivity contribution in [1.82, 2.24) is 10.2 Å². The lowest BCUT2D eigenvalue weighted by molar-refractivity contribution is -0.130. The molecule has 5 rings (SSSR count). The van der Waals surface area contributed by atoms with Gasteiger partial charge in [-0.05, 0) is 61.2 Å². The summed E-state index contributed by atoms with van der Waals surface area (Å²) >= 11 is 1.73. The lowest BCUT2D eigenvalue weighted by Crippen LogP contribution is -2.50. The third-order valence-corrected chi connectivity index (χ3v) is 8.16. The summed E-state index contributed by atoms with van der Waals surface area (Å²) < 4.78 is 5.26. The number of carbonyl (C=O) groups excluding carboxylic acids is 2. The zero-order valence-electron chi connectivity index (χ0n) is 19.9. The number of thioether (sulfide) groups is 1. The van der Waals surface area contributed by atoms with Gasteiger partial charge in [0.25, 0.3) is 11.8 Å². The van der Waals surface area contributed by atoms with Gasteiger partial charge in [0.15, 0.2) is 0 Å². The summed E-state index contributed by atoms with van der Waals surface area (Å²) in [5.74, 6) is 0.667. The maximum absolute atomic E-state index is 13.6. The molecule has 2 aromatic carbocycles. The monoisotopic (exact) mass is 486 g/mol. The number of nitrogens with zero attached hydrogens (tertiary/aromatic N) is 1. The molecule has 2 heterocycles. The summed E-state index contributed by atoms with van der Waals surface area (Å²) in [5.41, 5.74) is 3.90. The van der Waals surface area contributed by atoms with Crippen molar-refractivity contribution in [3.8, 4) is 0 Å². The van der Waals surface area contributed by atoms with Gasteiger partial charge >= 0.3 is 0 Å². The van der Waals surface area contributed by atoms with Crippen LogP contribution in [0.5, 0.6) is 0 Å². The molecule has 5 nitrogen and oxygen atoms in total.